The number of hydrogen-bond donors (Lipinski definition) is 1. The zero-order valence-corrected chi connectivity index (χ0v) is 11.8. The van der Waals surface area contributed by atoms with Crippen LogP contribution in [0.4, 0.5) is 4.39 Å². The summed E-state index contributed by atoms with van der Waals surface area (Å²) in [5.74, 6) is 0.654. The van der Waals surface area contributed by atoms with Gasteiger partial charge in [-0.1, -0.05) is 13.8 Å². The number of carbonyl (C=O) groups is 1. The van der Waals surface area contributed by atoms with E-state index in [0.29, 0.717) is 11.7 Å². The maximum absolute atomic E-state index is 12.7. The Kier molecular flexibility index (Phi) is 6.33. The molecule has 0 saturated heterocycles. The standard InChI is InChI=1S/C15H22FNO2/c1-11(2)4-5-12(3)17-15(18)10-19-14-8-6-13(16)7-9-14/h6-9,11-12H,4-5,10H2,1-3H3,(H,17,18). The summed E-state index contributed by atoms with van der Waals surface area (Å²) in [6.07, 6.45) is 2.04. The van der Waals surface area contributed by atoms with Crippen LogP contribution in [-0.2, 0) is 4.79 Å². The lowest BCUT2D eigenvalue weighted by Crippen LogP contribution is -2.36. The average molecular weight is 267 g/mol. The van der Waals surface area contributed by atoms with Crippen LogP contribution in [0, 0.1) is 11.7 Å². The smallest absolute Gasteiger partial charge is 0.258 e. The van der Waals surface area contributed by atoms with E-state index in [-0.39, 0.29) is 24.4 Å². The predicted octanol–water partition coefficient (Wildman–Crippen LogP) is 3.15. The van der Waals surface area contributed by atoms with Crippen molar-refractivity contribution >= 4 is 5.91 Å². The fraction of sp³-hybridized carbons (Fsp3) is 0.533. The van der Waals surface area contributed by atoms with Gasteiger partial charge in [0, 0.05) is 6.04 Å². The molecule has 1 unspecified atom stereocenters. The van der Waals surface area contributed by atoms with Crippen LogP contribution in [0.2, 0.25) is 0 Å². The topological polar surface area (TPSA) is 38.3 Å². The van der Waals surface area contributed by atoms with E-state index in [9.17, 15) is 9.18 Å². The van der Waals surface area contributed by atoms with Crippen molar-refractivity contribution in [2.45, 2.75) is 39.7 Å². The summed E-state index contributed by atoms with van der Waals surface area (Å²) in [5.41, 5.74) is 0. The van der Waals surface area contributed by atoms with Gasteiger partial charge in [0.2, 0.25) is 0 Å². The number of ether oxygens (including phenoxy) is 1. The molecule has 0 radical (unpaired) electrons. The summed E-state index contributed by atoms with van der Waals surface area (Å²) in [6, 6.07) is 5.76. The van der Waals surface area contributed by atoms with Crippen molar-refractivity contribution in [3.05, 3.63) is 30.1 Å². The zero-order valence-electron chi connectivity index (χ0n) is 11.8. The van der Waals surface area contributed by atoms with Gasteiger partial charge in [0.15, 0.2) is 6.61 Å². The Hall–Kier alpha value is -1.58. The lowest BCUT2D eigenvalue weighted by Gasteiger charge is -2.15. The maximum atomic E-state index is 12.7. The van der Waals surface area contributed by atoms with Gasteiger partial charge in [-0.15, -0.1) is 0 Å². The molecule has 0 aliphatic carbocycles. The molecule has 0 heterocycles. The van der Waals surface area contributed by atoms with Gasteiger partial charge in [0.05, 0.1) is 0 Å². The number of carbonyl (C=O) groups excluding carboxylic acids is 1. The molecule has 0 fully saturated rings. The average Bonchev–Trinajstić information content (AvgIpc) is 2.36. The third-order valence-electron chi connectivity index (χ3n) is 2.77. The van der Waals surface area contributed by atoms with E-state index in [4.69, 9.17) is 4.74 Å². The highest BCUT2D eigenvalue weighted by molar-refractivity contribution is 5.77. The Morgan fingerprint density at radius 2 is 1.84 bits per heavy atom. The van der Waals surface area contributed by atoms with E-state index in [1.807, 2.05) is 6.92 Å². The molecular weight excluding hydrogens is 245 g/mol. The van der Waals surface area contributed by atoms with E-state index < -0.39 is 0 Å². The molecule has 1 amide bonds. The van der Waals surface area contributed by atoms with Crippen LogP contribution in [0.25, 0.3) is 0 Å². The van der Waals surface area contributed by atoms with Gasteiger partial charge in [0.25, 0.3) is 5.91 Å². The monoisotopic (exact) mass is 267 g/mol. The first-order valence-electron chi connectivity index (χ1n) is 6.65. The van der Waals surface area contributed by atoms with E-state index in [1.165, 1.54) is 24.3 Å². The summed E-state index contributed by atoms with van der Waals surface area (Å²) in [5, 5.41) is 2.88. The molecule has 1 atom stereocenters. The number of amides is 1. The minimum absolute atomic E-state index is 0.0440. The van der Waals surface area contributed by atoms with E-state index in [1.54, 1.807) is 0 Å². The first-order valence-corrected chi connectivity index (χ1v) is 6.65. The number of rotatable bonds is 7. The number of benzene rings is 1. The summed E-state index contributed by atoms with van der Waals surface area (Å²) in [7, 11) is 0. The minimum atomic E-state index is -0.320. The molecule has 19 heavy (non-hydrogen) atoms. The molecule has 1 aromatic rings. The molecule has 0 aliphatic heterocycles. The summed E-state index contributed by atoms with van der Waals surface area (Å²) < 4.78 is 17.9. The second kappa shape index (κ2) is 7.77. The molecule has 0 aromatic heterocycles. The van der Waals surface area contributed by atoms with Crippen molar-refractivity contribution < 1.29 is 13.9 Å². The SMILES string of the molecule is CC(C)CCC(C)NC(=O)COc1ccc(F)cc1. The quantitative estimate of drug-likeness (QED) is 0.824. The molecular formula is C15H22FNO2. The van der Waals surface area contributed by atoms with Crippen molar-refractivity contribution in [1.82, 2.24) is 5.32 Å². The van der Waals surface area contributed by atoms with Crippen LogP contribution in [0.15, 0.2) is 24.3 Å². The summed E-state index contributed by atoms with van der Waals surface area (Å²) >= 11 is 0. The van der Waals surface area contributed by atoms with Crippen LogP contribution >= 0.6 is 0 Å². The Morgan fingerprint density at radius 3 is 2.42 bits per heavy atom. The highest BCUT2D eigenvalue weighted by Gasteiger charge is 2.08. The zero-order chi connectivity index (χ0) is 14.3. The van der Waals surface area contributed by atoms with E-state index in [2.05, 4.69) is 19.2 Å². The molecule has 1 N–H and O–H groups in total. The van der Waals surface area contributed by atoms with Crippen LogP contribution < -0.4 is 10.1 Å². The van der Waals surface area contributed by atoms with Crippen molar-refractivity contribution in [2.24, 2.45) is 5.92 Å². The molecule has 1 rings (SSSR count). The fourth-order valence-corrected chi connectivity index (χ4v) is 1.65. The normalized spacial score (nSPS) is 12.3. The number of hydrogen-bond acceptors (Lipinski definition) is 2. The minimum Gasteiger partial charge on any atom is -0.484 e. The van der Waals surface area contributed by atoms with Crippen molar-refractivity contribution in [3.63, 3.8) is 0 Å². The number of halogens is 1. The van der Waals surface area contributed by atoms with E-state index in [0.717, 1.165) is 12.8 Å². The largest absolute Gasteiger partial charge is 0.484 e. The Morgan fingerprint density at radius 1 is 1.21 bits per heavy atom. The highest BCUT2D eigenvalue weighted by Crippen LogP contribution is 2.11. The lowest BCUT2D eigenvalue weighted by atomic mass is 10.0. The van der Waals surface area contributed by atoms with Gasteiger partial charge in [-0.05, 0) is 49.9 Å². The first kappa shape index (κ1) is 15.5. The predicted molar refractivity (Wildman–Crippen MR) is 73.6 cm³/mol. The Labute approximate surface area is 114 Å². The Bertz CT molecular complexity index is 390. The highest BCUT2D eigenvalue weighted by atomic mass is 19.1. The summed E-state index contributed by atoms with van der Waals surface area (Å²) in [6.45, 7) is 6.26. The third kappa shape index (κ3) is 6.79. The number of nitrogens with one attached hydrogen (secondary N) is 1. The van der Waals surface area contributed by atoms with Crippen molar-refractivity contribution in [1.29, 1.82) is 0 Å². The molecule has 0 saturated carbocycles. The van der Waals surface area contributed by atoms with Crippen LogP contribution in [0.1, 0.15) is 33.6 Å². The first-order chi connectivity index (χ1) is 8.97. The van der Waals surface area contributed by atoms with Gasteiger partial charge in [-0.25, -0.2) is 4.39 Å². The van der Waals surface area contributed by atoms with Crippen molar-refractivity contribution in [3.8, 4) is 5.75 Å². The fourth-order valence-electron chi connectivity index (χ4n) is 1.65. The molecule has 4 heteroatoms. The van der Waals surface area contributed by atoms with Gasteiger partial charge < -0.3 is 10.1 Å². The Balaban J connectivity index is 2.25. The molecule has 1 aromatic carbocycles. The molecule has 3 nitrogen and oxygen atoms in total. The van der Waals surface area contributed by atoms with Gasteiger partial charge in [-0.2, -0.15) is 0 Å². The van der Waals surface area contributed by atoms with Crippen LogP contribution in [0.3, 0.4) is 0 Å². The van der Waals surface area contributed by atoms with Crippen LogP contribution in [0.5, 0.6) is 5.75 Å². The molecule has 106 valence electrons. The van der Waals surface area contributed by atoms with E-state index >= 15 is 0 Å². The van der Waals surface area contributed by atoms with Crippen LogP contribution in [-0.4, -0.2) is 18.6 Å². The molecule has 0 spiro atoms. The second-order valence-electron chi connectivity index (χ2n) is 5.18. The molecule has 0 aliphatic rings. The summed E-state index contributed by atoms with van der Waals surface area (Å²) in [4.78, 5) is 11.6. The van der Waals surface area contributed by atoms with Gasteiger partial charge in [-0.3, -0.25) is 4.79 Å². The van der Waals surface area contributed by atoms with Gasteiger partial charge in [0.1, 0.15) is 11.6 Å². The molecule has 0 bridgehead atoms. The van der Waals surface area contributed by atoms with Gasteiger partial charge >= 0.3 is 0 Å². The second-order valence-corrected chi connectivity index (χ2v) is 5.18. The van der Waals surface area contributed by atoms with Crippen molar-refractivity contribution in [2.75, 3.05) is 6.61 Å². The third-order valence-corrected chi connectivity index (χ3v) is 2.77. The lowest BCUT2D eigenvalue weighted by molar-refractivity contribution is -0.123. The maximum Gasteiger partial charge on any atom is 0.258 e.